The standard InChI is InChI=1S/C10H11NOS/c1-6-3-4-9-8(5-6)7(2)11-10(13)12-9/h3-5,7H,1-2H3,(H,11,13). The minimum Gasteiger partial charge on any atom is -0.432 e. The molecule has 0 radical (unpaired) electrons. The fourth-order valence-electron chi connectivity index (χ4n) is 1.48. The van der Waals surface area contributed by atoms with Gasteiger partial charge in [-0.05, 0) is 32.1 Å². The van der Waals surface area contributed by atoms with Crippen molar-refractivity contribution in [2.45, 2.75) is 19.9 Å². The SMILES string of the molecule is Cc1ccc2c(c1)C(C)NC(=S)O2. The van der Waals surface area contributed by atoms with Gasteiger partial charge in [0.2, 0.25) is 0 Å². The van der Waals surface area contributed by atoms with Gasteiger partial charge in [-0.3, -0.25) is 0 Å². The lowest BCUT2D eigenvalue weighted by molar-refractivity contribution is 0.466. The van der Waals surface area contributed by atoms with Crippen LogP contribution in [0.5, 0.6) is 5.75 Å². The van der Waals surface area contributed by atoms with Gasteiger partial charge in [0.25, 0.3) is 5.17 Å². The third-order valence-electron chi connectivity index (χ3n) is 2.17. The molecule has 68 valence electrons. The highest BCUT2D eigenvalue weighted by atomic mass is 32.1. The second-order valence-electron chi connectivity index (χ2n) is 3.30. The number of nitrogens with one attached hydrogen (secondary N) is 1. The summed E-state index contributed by atoms with van der Waals surface area (Å²) in [7, 11) is 0. The molecule has 13 heavy (non-hydrogen) atoms. The van der Waals surface area contributed by atoms with Gasteiger partial charge in [0.1, 0.15) is 5.75 Å². The zero-order chi connectivity index (χ0) is 9.42. The molecule has 3 heteroatoms. The van der Waals surface area contributed by atoms with E-state index in [0.717, 1.165) is 5.75 Å². The predicted molar refractivity (Wildman–Crippen MR) is 56.0 cm³/mol. The number of hydrogen-bond acceptors (Lipinski definition) is 2. The molecule has 0 bridgehead atoms. The van der Waals surface area contributed by atoms with E-state index in [4.69, 9.17) is 17.0 Å². The first-order valence-corrected chi connectivity index (χ1v) is 4.66. The summed E-state index contributed by atoms with van der Waals surface area (Å²) in [6.07, 6.45) is 0. The van der Waals surface area contributed by atoms with E-state index >= 15 is 0 Å². The molecule has 1 atom stereocenters. The van der Waals surface area contributed by atoms with Crippen LogP contribution in [0.4, 0.5) is 0 Å². The van der Waals surface area contributed by atoms with Gasteiger partial charge in [-0.1, -0.05) is 17.7 Å². The second-order valence-corrected chi connectivity index (χ2v) is 3.67. The van der Waals surface area contributed by atoms with Crippen molar-refractivity contribution in [2.24, 2.45) is 0 Å². The van der Waals surface area contributed by atoms with E-state index in [1.807, 2.05) is 12.1 Å². The summed E-state index contributed by atoms with van der Waals surface area (Å²) in [4.78, 5) is 0. The largest absolute Gasteiger partial charge is 0.432 e. The molecule has 1 aliphatic rings. The Hall–Kier alpha value is -1.09. The number of rotatable bonds is 0. The number of thiocarbonyl (C=S) groups is 1. The van der Waals surface area contributed by atoms with Gasteiger partial charge in [0, 0.05) is 5.56 Å². The van der Waals surface area contributed by atoms with Crippen LogP contribution in [0.3, 0.4) is 0 Å². The van der Waals surface area contributed by atoms with E-state index in [9.17, 15) is 0 Å². The molecular formula is C10H11NOS. The van der Waals surface area contributed by atoms with Gasteiger partial charge < -0.3 is 10.1 Å². The second kappa shape index (κ2) is 3.00. The Balaban J connectivity index is 2.49. The van der Waals surface area contributed by atoms with Gasteiger partial charge in [0.15, 0.2) is 0 Å². The Morgan fingerprint density at radius 3 is 3.00 bits per heavy atom. The van der Waals surface area contributed by atoms with Gasteiger partial charge in [-0.15, -0.1) is 0 Å². The van der Waals surface area contributed by atoms with Crippen LogP contribution in [0.25, 0.3) is 0 Å². The normalized spacial score (nSPS) is 20.2. The summed E-state index contributed by atoms with van der Waals surface area (Å²) >= 11 is 4.96. The Morgan fingerprint density at radius 1 is 1.46 bits per heavy atom. The van der Waals surface area contributed by atoms with E-state index in [-0.39, 0.29) is 6.04 Å². The van der Waals surface area contributed by atoms with Crippen LogP contribution in [0.2, 0.25) is 0 Å². The average Bonchev–Trinajstić information content (AvgIpc) is 2.06. The lowest BCUT2D eigenvalue weighted by atomic mass is 10.0. The van der Waals surface area contributed by atoms with Crippen molar-refractivity contribution < 1.29 is 4.74 Å². The van der Waals surface area contributed by atoms with Crippen molar-refractivity contribution >= 4 is 17.4 Å². The third-order valence-corrected chi connectivity index (χ3v) is 2.37. The number of aryl methyl sites for hydroxylation is 1. The molecule has 1 heterocycles. The molecule has 1 N–H and O–H groups in total. The number of hydrogen-bond donors (Lipinski definition) is 1. The Morgan fingerprint density at radius 2 is 2.23 bits per heavy atom. The summed E-state index contributed by atoms with van der Waals surface area (Å²) in [6.45, 7) is 4.15. The van der Waals surface area contributed by atoms with Crippen LogP contribution in [-0.4, -0.2) is 5.17 Å². The Labute approximate surface area is 82.9 Å². The molecule has 1 aromatic carbocycles. The molecule has 0 aromatic heterocycles. The summed E-state index contributed by atoms with van der Waals surface area (Å²) < 4.78 is 5.38. The molecule has 1 aromatic rings. The summed E-state index contributed by atoms with van der Waals surface area (Å²) in [5, 5.41) is 3.53. The maximum atomic E-state index is 5.38. The number of fused-ring (bicyclic) bond motifs is 1. The van der Waals surface area contributed by atoms with Crippen molar-refractivity contribution in [3.05, 3.63) is 29.3 Å². The summed E-state index contributed by atoms with van der Waals surface area (Å²) in [6, 6.07) is 6.36. The Kier molecular flexibility index (Phi) is 1.96. The lowest BCUT2D eigenvalue weighted by Gasteiger charge is -2.25. The minimum atomic E-state index is 0.246. The molecule has 0 saturated heterocycles. The smallest absolute Gasteiger partial charge is 0.262 e. The quantitative estimate of drug-likeness (QED) is 0.639. The molecule has 0 fully saturated rings. The lowest BCUT2D eigenvalue weighted by Crippen LogP contribution is -2.34. The molecular weight excluding hydrogens is 182 g/mol. The van der Waals surface area contributed by atoms with E-state index < -0.39 is 0 Å². The fourth-order valence-corrected chi connectivity index (χ4v) is 1.75. The maximum Gasteiger partial charge on any atom is 0.262 e. The van der Waals surface area contributed by atoms with Crippen LogP contribution in [0.1, 0.15) is 24.1 Å². The summed E-state index contributed by atoms with van der Waals surface area (Å²) in [5.74, 6) is 0.877. The van der Waals surface area contributed by atoms with Gasteiger partial charge in [-0.2, -0.15) is 0 Å². The predicted octanol–water partition coefficient (Wildman–Crippen LogP) is 2.32. The first-order valence-electron chi connectivity index (χ1n) is 4.26. The third kappa shape index (κ3) is 1.52. The van der Waals surface area contributed by atoms with Crippen molar-refractivity contribution in [3.63, 3.8) is 0 Å². The van der Waals surface area contributed by atoms with Crippen molar-refractivity contribution in [3.8, 4) is 5.75 Å². The van der Waals surface area contributed by atoms with Gasteiger partial charge >= 0.3 is 0 Å². The zero-order valence-electron chi connectivity index (χ0n) is 7.63. The molecule has 1 aliphatic heterocycles. The highest BCUT2D eigenvalue weighted by molar-refractivity contribution is 7.80. The molecule has 1 unspecified atom stereocenters. The van der Waals surface area contributed by atoms with Crippen LogP contribution >= 0.6 is 12.2 Å². The number of benzene rings is 1. The molecule has 0 spiro atoms. The maximum absolute atomic E-state index is 5.38. The van der Waals surface area contributed by atoms with Crippen molar-refractivity contribution in [2.75, 3.05) is 0 Å². The van der Waals surface area contributed by atoms with Crippen LogP contribution in [0, 0.1) is 6.92 Å². The van der Waals surface area contributed by atoms with Crippen molar-refractivity contribution in [1.29, 1.82) is 0 Å². The highest BCUT2D eigenvalue weighted by Crippen LogP contribution is 2.29. The molecule has 2 nitrogen and oxygen atoms in total. The van der Waals surface area contributed by atoms with Gasteiger partial charge in [0.05, 0.1) is 6.04 Å². The van der Waals surface area contributed by atoms with E-state index in [0.29, 0.717) is 5.17 Å². The van der Waals surface area contributed by atoms with E-state index in [1.54, 1.807) is 0 Å². The summed E-state index contributed by atoms with van der Waals surface area (Å²) in [5.41, 5.74) is 2.41. The van der Waals surface area contributed by atoms with E-state index in [2.05, 4.69) is 25.2 Å². The average molecular weight is 193 g/mol. The van der Waals surface area contributed by atoms with Crippen LogP contribution < -0.4 is 10.1 Å². The number of ether oxygens (including phenoxy) is 1. The first-order chi connectivity index (χ1) is 6.16. The van der Waals surface area contributed by atoms with E-state index in [1.165, 1.54) is 11.1 Å². The topological polar surface area (TPSA) is 21.3 Å². The molecule has 0 amide bonds. The Bertz CT molecular complexity index is 362. The van der Waals surface area contributed by atoms with Crippen LogP contribution in [-0.2, 0) is 0 Å². The minimum absolute atomic E-state index is 0.246. The van der Waals surface area contributed by atoms with Crippen LogP contribution in [0.15, 0.2) is 18.2 Å². The first kappa shape index (κ1) is 8.51. The molecule has 2 rings (SSSR count). The van der Waals surface area contributed by atoms with Gasteiger partial charge in [-0.25, -0.2) is 0 Å². The molecule has 0 aliphatic carbocycles. The fraction of sp³-hybridized carbons (Fsp3) is 0.300. The van der Waals surface area contributed by atoms with Crippen molar-refractivity contribution in [1.82, 2.24) is 5.32 Å². The molecule has 0 saturated carbocycles. The monoisotopic (exact) mass is 193 g/mol. The highest BCUT2D eigenvalue weighted by Gasteiger charge is 2.19. The zero-order valence-corrected chi connectivity index (χ0v) is 8.44.